The van der Waals surface area contributed by atoms with E-state index < -0.39 is 24.3 Å². The molecule has 0 saturated heterocycles. The molecule has 0 aliphatic heterocycles. The van der Waals surface area contributed by atoms with Gasteiger partial charge < -0.3 is 19.5 Å². The summed E-state index contributed by atoms with van der Waals surface area (Å²) in [5, 5.41) is 2.49. The Bertz CT molecular complexity index is 828. The summed E-state index contributed by atoms with van der Waals surface area (Å²) in [6, 6.07) is 8.30. The number of halogens is 2. The van der Waals surface area contributed by atoms with E-state index in [0.29, 0.717) is 17.9 Å². The number of amides is 1. The quantitative estimate of drug-likeness (QED) is 0.688. The highest BCUT2D eigenvalue weighted by molar-refractivity contribution is 6.33. The third-order valence-corrected chi connectivity index (χ3v) is 3.83. The van der Waals surface area contributed by atoms with Gasteiger partial charge in [0.2, 0.25) is 0 Å². The van der Waals surface area contributed by atoms with E-state index in [1.807, 2.05) is 6.92 Å². The number of esters is 1. The van der Waals surface area contributed by atoms with Crippen molar-refractivity contribution in [1.82, 2.24) is 0 Å². The molecular weight excluding hydrogens is 377 g/mol. The predicted octanol–water partition coefficient (Wildman–Crippen LogP) is 3.82. The van der Waals surface area contributed by atoms with Gasteiger partial charge in [-0.3, -0.25) is 4.79 Å². The lowest BCUT2D eigenvalue weighted by Gasteiger charge is -2.11. The van der Waals surface area contributed by atoms with E-state index in [0.717, 1.165) is 12.1 Å². The van der Waals surface area contributed by atoms with Crippen LogP contribution in [0.3, 0.4) is 0 Å². The number of methoxy groups -OCH3 is 1. The van der Waals surface area contributed by atoms with Gasteiger partial charge in [0.25, 0.3) is 5.91 Å². The van der Waals surface area contributed by atoms with Gasteiger partial charge in [0.05, 0.1) is 30.0 Å². The second-order valence-corrected chi connectivity index (χ2v) is 5.82. The summed E-state index contributed by atoms with van der Waals surface area (Å²) in [6.07, 6.45) is 0. The molecule has 0 unspecified atom stereocenters. The van der Waals surface area contributed by atoms with E-state index in [4.69, 9.17) is 25.8 Å². The van der Waals surface area contributed by atoms with Crippen LogP contribution in [0.1, 0.15) is 22.8 Å². The zero-order valence-electron chi connectivity index (χ0n) is 14.9. The Morgan fingerprint density at radius 3 is 2.63 bits per heavy atom. The maximum absolute atomic E-state index is 13.0. The minimum absolute atomic E-state index is 0.0467. The maximum atomic E-state index is 13.0. The molecule has 8 heteroatoms. The fraction of sp³-hybridized carbons (Fsp3) is 0.263. The van der Waals surface area contributed by atoms with Gasteiger partial charge in [-0.1, -0.05) is 11.6 Å². The van der Waals surface area contributed by atoms with Crippen LogP contribution < -0.4 is 10.1 Å². The lowest BCUT2D eigenvalue weighted by Crippen LogP contribution is -2.21. The Morgan fingerprint density at radius 1 is 1.19 bits per heavy atom. The molecule has 1 amide bonds. The summed E-state index contributed by atoms with van der Waals surface area (Å²) in [4.78, 5) is 24.1. The first-order valence-electron chi connectivity index (χ1n) is 8.11. The Labute approximate surface area is 161 Å². The number of hydrogen-bond acceptors (Lipinski definition) is 5. The number of hydrogen-bond donors (Lipinski definition) is 1. The van der Waals surface area contributed by atoms with Crippen LogP contribution in [0.25, 0.3) is 0 Å². The van der Waals surface area contributed by atoms with Gasteiger partial charge in [-0.15, -0.1) is 0 Å². The van der Waals surface area contributed by atoms with Crippen LogP contribution >= 0.6 is 11.6 Å². The Kier molecular flexibility index (Phi) is 7.57. The number of anilines is 1. The smallest absolute Gasteiger partial charge is 0.338 e. The molecule has 2 aromatic rings. The van der Waals surface area contributed by atoms with Crippen molar-refractivity contribution in [2.45, 2.75) is 13.5 Å². The van der Waals surface area contributed by atoms with Gasteiger partial charge in [0.1, 0.15) is 11.6 Å². The second kappa shape index (κ2) is 9.89. The van der Waals surface area contributed by atoms with E-state index in [1.54, 1.807) is 12.1 Å². The number of rotatable bonds is 8. The normalized spacial score (nSPS) is 10.4. The van der Waals surface area contributed by atoms with E-state index in [9.17, 15) is 14.0 Å². The van der Waals surface area contributed by atoms with Gasteiger partial charge in [-0.2, -0.15) is 0 Å². The van der Waals surface area contributed by atoms with Crippen LogP contribution in [0.4, 0.5) is 10.1 Å². The molecular formula is C19H19ClFNO5. The number of carbonyl (C=O) groups excluding carboxylic acids is 2. The summed E-state index contributed by atoms with van der Waals surface area (Å²) in [7, 11) is 1.52. The fourth-order valence-corrected chi connectivity index (χ4v) is 2.44. The van der Waals surface area contributed by atoms with Crippen molar-refractivity contribution in [2.24, 2.45) is 0 Å². The van der Waals surface area contributed by atoms with E-state index in [-0.39, 0.29) is 22.9 Å². The fourth-order valence-electron chi connectivity index (χ4n) is 2.22. The first-order valence-corrected chi connectivity index (χ1v) is 8.49. The maximum Gasteiger partial charge on any atom is 0.338 e. The van der Waals surface area contributed by atoms with Crippen LogP contribution in [0, 0.1) is 5.82 Å². The summed E-state index contributed by atoms with van der Waals surface area (Å²) < 4.78 is 28.6. The van der Waals surface area contributed by atoms with Gasteiger partial charge in [-0.25, -0.2) is 9.18 Å². The van der Waals surface area contributed by atoms with Gasteiger partial charge in [0.15, 0.2) is 6.61 Å². The predicted molar refractivity (Wildman–Crippen MR) is 98.6 cm³/mol. The van der Waals surface area contributed by atoms with Crippen molar-refractivity contribution >= 4 is 29.2 Å². The summed E-state index contributed by atoms with van der Waals surface area (Å²) >= 11 is 5.83. The van der Waals surface area contributed by atoms with Crippen LogP contribution in [0.15, 0.2) is 36.4 Å². The second-order valence-electron chi connectivity index (χ2n) is 5.41. The average Bonchev–Trinajstić information content (AvgIpc) is 2.66. The van der Waals surface area contributed by atoms with Crippen LogP contribution in [0.5, 0.6) is 5.75 Å². The van der Waals surface area contributed by atoms with Gasteiger partial charge in [0, 0.05) is 12.2 Å². The Morgan fingerprint density at radius 2 is 1.96 bits per heavy atom. The first kappa shape index (κ1) is 20.7. The summed E-state index contributed by atoms with van der Waals surface area (Å²) in [5.41, 5.74) is 1.18. The van der Waals surface area contributed by atoms with Crippen LogP contribution in [-0.4, -0.2) is 32.2 Å². The Balaban J connectivity index is 1.97. The average molecular weight is 396 g/mol. The molecule has 0 aliphatic carbocycles. The van der Waals surface area contributed by atoms with Crippen molar-refractivity contribution in [2.75, 3.05) is 25.6 Å². The van der Waals surface area contributed by atoms with E-state index >= 15 is 0 Å². The number of benzene rings is 2. The van der Waals surface area contributed by atoms with E-state index in [1.165, 1.54) is 19.2 Å². The molecule has 2 aromatic carbocycles. The Hall–Kier alpha value is -2.64. The molecule has 0 atom stereocenters. The van der Waals surface area contributed by atoms with Crippen LogP contribution in [0.2, 0.25) is 5.02 Å². The third-order valence-electron chi connectivity index (χ3n) is 3.52. The van der Waals surface area contributed by atoms with Gasteiger partial charge >= 0.3 is 5.97 Å². The van der Waals surface area contributed by atoms with Gasteiger partial charge in [-0.05, 0) is 43.3 Å². The minimum atomic E-state index is -0.671. The molecule has 1 N–H and O–H groups in total. The zero-order valence-corrected chi connectivity index (χ0v) is 15.6. The number of carbonyl (C=O) groups is 2. The molecule has 144 valence electrons. The van der Waals surface area contributed by atoms with Crippen molar-refractivity contribution in [3.05, 3.63) is 58.4 Å². The lowest BCUT2D eigenvalue weighted by atomic mass is 10.1. The summed E-state index contributed by atoms with van der Waals surface area (Å²) in [6.45, 7) is 2.14. The largest absolute Gasteiger partial charge is 0.496 e. The summed E-state index contributed by atoms with van der Waals surface area (Å²) in [5.74, 6) is -1.20. The zero-order chi connectivity index (χ0) is 19.8. The molecule has 0 radical (unpaired) electrons. The topological polar surface area (TPSA) is 73.9 Å². The highest BCUT2D eigenvalue weighted by Crippen LogP contribution is 2.23. The molecule has 0 aromatic heterocycles. The van der Waals surface area contributed by atoms with Crippen LogP contribution in [-0.2, 0) is 20.9 Å². The minimum Gasteiger partial charge on any atom is -0.496 e. The molecule has 0 aliphatic rings. The first-order chi connectivity index (χ1) is 12.9. The molecule has 0 saturated carbocycles. The molecule has 0 bridgehead atoms. The van der Waals surface area contributed by atoms with Crippen molar-refractivity contribution < 1.29 is 28.2 Å². The molecule has 0 spiro atoms. The molecule has 27 heavy (non-hydrogen) atoms. The number of nitrogens with one attached hydrogen (secondary N) is 1. The standard InChI is InChI=1S/C19H19ClFNO5/c1-3-26-10-13-8-12(4-7-17(13)25-2)19(24)27-11-18(23)22-16-6-5-14(21)9-15(16)20/h4-9H,3,10-11H2,1-2H3,(H,22,23). The third kappa shape index (κ3) is 5.94. The molecule has 0 heterocycles. The SMILES string of the molecule is CCOCc1cc(C(=O)OCC(=O)Nc2ccc(F)cc2Cl)ccc1OC. The van der Waals surface area contributed by atoms with Crippen molar-refractivity contribution in [3.8, 4) is 5.75 Å². The number of ether oxygens (including phenoxy) is 3. The molecule has 2 rings (SSSR count). The highest BCUT2D eigenvalue weighted by Gasteiger charge is 2.14. The molecule has 0 fully saturated rings. The monoisotopic (exact) mass is 395 g/mol. The van der Waals surface area contributed by atoms with Crippen molar-refractivity contribution in [3.63, 3.8) is 0 Å². The van der Waals surface area contributed by atoms with E-state index in [2.05, 4.69) is 5.32 Å². The van der Waals surface area contributed by atoms with Crippen molar-refractivity contribution in [1.29, 1.82) is 0 Å². The lowest BCUT2D eigenvalue weighted by molar-refractivity contribution is -0.119. The molecule has 6 nitrogen and oxygen atoms in total. The highest BCUT2D eigenvalue weighted by atomic mass is 35.5.